The van der Waals surface area contributed by atoms with E-state index in [2.05, 4.69) is 10.1 Å². The maximum atomic E-state index is 11.7. The smallest absolute Gasteiger partial charge is 0.354 e. The summed E-state index contributed by atoms with van der Waals surface area (Å²) in [5, 5.41) is 21.1. The van der Waals surface area contributed by atoms with Crippen molar-refractivity contribution in [3.63, 3.8) is 0 Å². The SMILES string of the molecule is COC(NC(=O)c1ccc([N+](=O)[O-])c(Cl)c1)C(=O)O. The quantitative estimate of drug-likeness (QED) is 0.474. The molecule has 9 heteroatoms. The number of carboxylic acids is 1. The minimum absolute atomic E-state index is 0.0149. The summed E-state index contributed by atoms with van der Waals surface area (Å²) in [6.07, 6.45) is -1.51. The first kappa shape index (κ1) is 14.9. The molecule has 1 unspecified atom stereocenters. The number of carbonyl (C=O) groups is 2. The van der Waals surface area contributed by atoms with E-state index in [-0.39, 0.29) is 16.3 Å². The third kappa shape index (κ3) is 3.63. The minimum Gasteiger partial charge on any atom is -0.478 e. The topological polar surface area (TPSA) is 119 Å². The van der Waals surface area contributed by atoms with Crippen molar-refractivity contribution in [3.05, 3.63) is 38.9 Å². The van der Waals surface area contributed by atoms with Crippen LogP contribution in [0.2, 0.25) is 5.02 Å². The molecule has 1 aromatic carbocycles. The zero-order chi connectivity index (χ0) is 14.6. The number of amides is 1. The zero-order valence-electron chi connectivity index (χ0n) is 9.62. The van der Waals surface area contributed by atoms with Crippen LogP contribution in [0.1, 0.15) is 10.4 Å². The van der Waals surface area contributed by atoms with Crippen LogP contribution in [0.3, 0.4) is 0 Å². The molecule has 102 valence electrons. The van der Waals surface area contributed by atoms with Gasteiger partial charge in [0.15, 0.2) is 0 Å². The Morgan fingerprint density at radius 2 is 2.16 bits per heavy atom. The van der Waals surface area contributed by atoms with Crippen LogP contribution in [0, 0.1) is 10.1 Å². The molecule has 0 saturated heterocycles. The van der Waals surface area contributed by atoms with Gasteiger partial charge in [-0.3, -0.25) is 14.9 Å². The van der Waals surface area contributed by atoms with Gasteiger partial charge in [-0.2, -0.15) is 0 Å². The number of carboxylic acid groups (broad SMARTS) is 1. The predicted molar refractivity (Wildman–Crippen MR) is 64.0 cm³/mol. The summed E-state index contributed by atoms with van der Waals surface area (Å²) in [5.41, 5.74) is -0.362. The molecule has 19 heavy (non-hydrogen) atoms. The number of benzene rings is 1. The summed E-state index contributed by atoms with van der Waals surface area (Å²) in [4.78, 5) is 32.2. The summed E-state index contributed by atoms with van der Waals surface area (Å²) in [6.45, 7) is 0. The summed E-state index contributed by atoms with van der Waals surface area (Å²) < 4.78 is 4.52. The lowest BCUT2D eigenvalue weighted by molar-refractivity contribution is -0.384. The minimum atomic E-state index is -1.51. The normalized spacial score (nSPS) is 11.7. The highest BCUT2D eigenvalue weighted by Crippen LogP contribution is 2.24. The number of halogens is 1. The number of nitrogens with zero attached hydrogens (tertiary/aromatic N) is 1. The van der Waals surface area contributed by atoms with Gasteiger partial charge >= 0.3 is 5.97 Å². The van der Waals surface area contributed by atoms with Crippen LogP contribution in [0.4, 0.5) is 5.69 Å². The van der Waals surface area contributed by atoms with Crippen LogP contribution in [-0.2, 0) is 9.53 Å². The van der Waals surface area contributed by atoms with Gasteiger partial charge in [0.1, 0.15) is 5.02 Å². The zero-order valence-corrected chi connectivity index (χ0v) is 10.4. The van der Waals surface area contributed by atoms with Crippen LogP contribution in [0.25, 0.3) is 0 Å². The maximum absolute atomic E-state index is 11.7. The molecule has 1 rings (SSSR count). The number of methoxy groups -OCH3 is 1. The Bertz CT molecular complexity index is 533. The molecule has 0 radical (unpaired) electrons. The molecule has 8 nitrogen and oxygen atoms in total. The fraction of sp³-hybridized carbons (Fsp3) is 0.200. The van der Waals surface area contributed by atoms with Crippen molar-refractivity contribution in [1.82, 2.24) is 5.32 Å². The van der Waals surface area contributed by atoms with E-state index in [1.165, 1.54) is 0 Å². The van der Waals surface area contributed by atoms with Gasteiger partial charge in [-0.25, -0.2) is 4.79 Å². The number of hydrogen-bond donors (Lipinski definition) is 2. The van der Waals surface area contributed by atoms with Gasteiger partial charge in [0.25, 0.3) is 11.6 Å². The number of aliphatic carboxylic acids is 1. The summed E-state index contributed by atoms with van der Waals surface area (Å²) in [5.74, 6) is -2.14. The average molecular weight is 289 g/mol. The number of ether oxygens (including phenoxy) is 1. The van der Waals surface area contributed by atoms with Crippen molar-refractivity contribution < 1.29 is 24.4 Å². The highest BCUT2D eigenvalue weighted by molar-refractivity contribution is 6.33. The van der Waals surface area contributed by atoms with Gasteiger partial charge in [-0.15, -0.1) is 0 Å². The van der Waals surface area contributed by atoms with E-state index in [9.17, 15) is 19.7 Å². The highest BCUT2D eigenvalue weighted by atomic mass is 35.5. The Balaban J connectivity index is 2.92. The van der Waals surface area contributed by atoms with Gasteiger partial charge in [0, 0.05) is 18.7 Å². The Hall–Kier alpha value is -2.19. The van der Waals surface area contributed by atoms with Gasteiger partial charge < -0.3 is 15.2 Å². The molecule has 1 aromatic rings. The van der Waals surface area contributed by atoms with Crippen molar-refractivity contribution in [3.8, 4) is 0 Å². The molecular formula is C10H9ClN2O6. The van der Waals surface area contributed by atoms with Crippen molar-refractivity contribution in [2.45, 2.75) is 6.23 Å². The lowest BCUT2D eigenvalue weighted by Crippen LogP contribution is -2.42. The summed E-state index contributed by atoms with van der Waals surface area (Å²) in [7, 11) is 1.11. The molecule has 0 heterocycles. The number of nitro benzene ring substituents is 1. The first-order valence-electron chi connectivity index (χ1n) is 4.87. The van der Waals surface area contributed by atoms with Crippen molar-refractivity contribution >= 4 is 29.2 Å². The van der Waals surface area contributed by atoms with Crippen molar-refractivity contribution in [2.75, 3.05) is 7.11 Å². The van der Waals surface area contributed by atoms with Crippen LogP contribution < -0.4 is 5.32 Å². The summed E-state index contributed by atoms with van der Waals surface area (Å²) >= 11 is 5.63. The van der Waals surface area contributed by atoms with Crippen molar-refractivity contribution in [2.24, 2.45) is 0 Å². The second-order valence-electron chi connectivity index (χ2n) is 3.35. The molecular weight excluding hydrogens is 280 g/mol. The molecule has 0 spiro atoms. The predicted octanol–water partition coefficient (Wildman–Crippen LogP) is 1.04. The van der Waals surface area contributed by atoms with E-state index in [1.807, 2.05) is 0 Å². The molecule has 2 N–H and O–H groups in total. The van der Waals surface area contributed by atoms with E-state index < -0.39 is 23.0 Å². The molecule has 0 saturated carbocycles. The van der Waals surface area contributed by atoms with E-state index in [4.69, 9.17) is 16.7 Å². The fourth-order valence-corrected chi connectivity index (χ4v) is 1.47. The molecule has 0 bridgehead atoms. The Morgan fingerprint density at radius 1 is 1.53 bits per heavy atom. The monoisotopic (exact) mass is 288 g/mol. The molecule has 0 aliphatic rings. The molecule has 0 fully saturated rings. The number of nitrogens with one attached hydrogen (secondary N) is 1. The van der Waals surface area contributed by atoms with Gasteiger partial charge in [-0.1, -0.05) is 11.6 Å². The van der Waals surface area contributed by atoms with E-state index >= 15 is 0 Å². The van der Waals surface area contributed by atoms with E-state index in [0.717, 1.165) is 25.3 Å². The third-order valence-electron chi connectivity index (χ3n) is 2.13. The lowest BCUT2D eigenvalue weighted by atomic mass is 10.2. The molecule has 1 atom stereocenters. The van der Waals surface area contributed by atoms with E-state index in [0.29, 0.717) is 0 Å². The second kappa shape index (κ2) is 6.12. The third-order valence-corrected chi connectivity index (χ3v) is 2.43. The Kier molecular flexibility index (Phi) is 4.79. The molecule has 0 aromatic heterocycles. The molecule has 0 aliphatic carbocycles. The number of nitro groups is 1. The standard InChI is InChI=1S/C10H9ClN2O6/c1-19-9(10(15)16)12-8(14)5-2-3-7(13(17)18)6(11)4-5/h2-4,9H,1H3,(H,12,14)(H,15,16). The summed E-state index contributed by atoms with van der Waals surface area (Å²) in [6, 6.07) is 3.29. The maximum Gasteiger partial charge on any atom is 0.354 e. The van der Waals surface area contributed by atoms with Crippen LogP contribution in [0.5, 0.6) is 0 Å². The van der Waals surface area contributed by atoms with Gasteiger partial charge in [0.05, 0.1) is 4.92 Å². The molecule has 0 aliphatic heterocycles. The Labute approximate surface area is 112 Å². The average Bonchev–Trinajstić information content (AvgIpc) is 2.34. The first-order valence-corrected chi connectivity index (χ1v) is 5.25. The van der Waals surface area contributed by atoms with Gasteiger partial charge in [-0.05, 0) is 12.1 Å². The Morgan fingerprint density at radius 3 is 2.58 bits per heavy atom. The second-order valence-corrected chi connectivity index (χ2v) is 3.76. The van der Waals surface area contributed by atoms with Crippen LogP contribution in [-0.4, -0.2) is 35.2 Å². The highest BCUT2D eigenvalue weighted by Gasteiger charge is 2.21. The number of rotatable bonds is 5. The fourth-order valence-electron chi connectivity index (χ4n) is 1.22. The molecule has 1 amide bonds. The van der Waals surface area contributed by atoms with Gasteiger partial charge in [0.2, 0.25) is 6.23 Å². The number of hydrogen-bond acceptors (Lipinski definition) is 5. The first-order chi connectivity index (χ1) is 8.86. The lowest BCUT2D eigenvalue weighted by Gasteiger charge is -2.12. The van der Waals surface area contributed by atoms with Crippen LogP contribution >= 0.6 is 11.6 Å². The number of carbonyl (C=O) groups excluding carboxylic acids is 1. The van der Waals surface area contributed by atoms with Crippen LogP contribution in [0.15, 0.2) is 18.2 Å². The van der Waals surface area contributed by atoms with E-state index in [1.54, 1.807) is 0 Å². The van der Waals surface area contributed by atoms with Crippen molar-refractivity contribution in [1.29, 1.82) is 0 Å². The largest absolute Gasteiger partial charge is 0.478 e.